The number of aromatic nitrogens is 2. The molecule has 2 aromatic carbocycles. The molecule has 0 saturated heterocycles. The lowest BCUT2D eigenvalue weighted by atomic mass is 9.98. The molecule has 0 radical (unpaired) electrons. The van der Waals surface area contributed by atoms with Gasteiger partial charge in [0.05, 0.1) is 11.0 Å². The van der Waals surface area contributed by atoms with Crippen LogP contribution in [0.1, 0.15) is 22.8 Å². The third-order valence-electron chi connectivity index (χ3n) is 3.27. The standard InChI is InChI=1S/C16H13FN2O/c1-10-5-6-13(17)12(9-10)16(20)11-3-2-4-14-15(11)19-8-7-18-14/h2-9,16,20H,1H3. The van der Waals surface area contributed by atoms with E-state index in [0.717, 1.165) is 5.56 Å². The van der Waals surface area contributed by atoms with E-state index in [2.05, 4.69) is 9.97 Å². The van der Waals surface area contributed by atoms with Gasteiger partial charge in [0.15, 0.2) is 0 Å². The van der Waals surface area contributed by atoms with Crippen LogP contribution in [-0.2, 0) is 0 Å². The van der Waals surface area contributed by atoms with Gasteiger partial charge in [-0.1, -0.05) is 29.8 Å². The molecule has 0 saturated carbocycles. The van der Waals surface area contributed by atoms with Crippen LogP contribution in [0.2, 0.25) is 0 Å². The Labute approximate surface area is 115 Å². The number of aryl methyl sites for hydroxylation is 1. The van der Waals surface area contributed by atoms with Crippen molar-refractivity contribution in [2.75, 3.05) is 0 Å². The molecular formula is C16H13FN2O. The molecule has 3 nitrogen and oxygen atoms in total. The van der Waals surface area contributed by atoms with Gasteiger partial charge in [-0.05, 0) is 19.1 Å². The Morgan fingerprint density at radius 3 is 2.70 bits per heavy atom. The fourth-order valence-electron chi connectivity index (χ4n) is 2.28. The van der Waals surface area contributed by atoms with Crippen molar-refractivity contribution in [1.82, 2.24) is 9.97 Å². The van der Waals surface area contributed by atoms with Crippen molar-refractivity contribution >= 4 is 11.0 Å². The van der Waals surface area contributed by atoms with Crippen molar-refractivity contribution in [3.05, 3.63) is 71.3 Å². The van der Waals surface area contributed by atoms with Crippen LogP contribution >= 0.6 is 0 Å². The summed E-state index contributed by atoms with van der Waals surface area (Å²) in [6, 6.07) is 10.0. The van der Waals surface area contributed by atoms with Crippen molar-refractivity contribution in [3.63, 3.8) is 0 Å². The molecule has 1 heterocycles. The molecule has 100 valence electrons. The molecule has 0 spiro atoms. The summed E-state index contributed by atoms with van der Waals surface area (Å²) in [5.74, 6) is -0.427. The van der Waals surface area contributed by atoms with Gasteiger partial charge in [-0.3, -0.25) is 9.97 Å². The lowest BCUT2D eigenvalue weighted by molar-refractivity contribution is 0.216. The predicted molar refractivity (Wildman–Crippen MR) is 74.7 cm³/mol. The monoisotopic (exact) mass is 268 g/mol. The molecular weight excluding hydrogens is 255 g/mol. The topological polar surface area (TPSA) is 46.0 Å². The Hall–Kier alpha value is -2.33. The summed E-state index contributed by atoms with van der Waals surface area (Å²) in [5.41, 5.74) is 2.97. The molecule has 0 fully saturated rings. The number of nitrogens with zero attached hydrogens (tertiary/aromatic N) is 2. The number of halogens is 1. The van der Waals surface area contributed by atoms with Crippen LogP contribution in [-0.4, -0.2) is 15.1 Å². The van der Waals surface area contributed by atoms with Gasteiger partial charge in [-0.15, -0.1) is 0 Å². The first-order chi connectivity index (χ1) is 9.66. The van der Waals surface area contributed by atoms with Crippen molar-refractivity contribution in [2.24, 2.45) is 0 Å². The summed E-state index contributed by atoms with van der Waals surface area (Å²) in [5, 5.41) is 10.5. The largest absolute Gasteiger partial charge is 0.383 e. The number of fused-ring (bicyclic) bond motifs is 1. The molecule has 20 heavy (non-hydrogen) atoms. The SMILES string of the molecule is Cc1ccc(F)c(C(O)c2cccc3nccnc23)c1. The second kappa shape index (κ2) is 4.98. The highest BCUT2D eigenvalue weighted by Gasteiger charge is 2.18. The number of para-hydroxylation sites is 1. The van der Waals surface area contributed by atoms with Gasteiger partial charge in [0.1, 0.15) is 11.9 Å². The number of aliphatic hydroxyl groups is 1. The number of hydrogen-bond acceptors (Lipinski definition) is 3. The summed E-state index contributed by atoms with van der Waals surface area (Å²) < 4.78 is 13.9. The summed E-state index contributed by atoms with van der Waals surface area (Å²) in [4.78, 5) is 8.43. The summed E-state index contributed by atoms with van der Waals surface area (Å²) in [6.45, 7) is 1.86. The van der Waals surface area contributed by atoms with Gasteiger partial charge in [0.2, 0.25) is 0 Å². The van der Waals surface area contributed by atoms with E-state index in [9.17, 15) is 9.50 Å². The van der Waals surface area contributed by atoms with E-state index in [1.54, 1.807) is 36.7 Å². The first-order valence-electron chi connectivity index (χ1n) is 6.30. The fourth-order valence-corrected chi connectivity index (χ4v) is 2.28. The van der Waals surface area contributed by atoms with Crippen LogP contribution in [0.15, 0.2) is 48.8 Å². The Kier molecular flexibility index (Phi) is 3.16. The first-order valence-corrected chi connectivity index (χ1v) is 6.30. The van der Waals surface area contributed by atoms with Crippen LogP contribution in [0.4, 0.5) is 4.39 Å². The van der Waals surface area contributed by atoms with Gasteiger partial charge in [-0.2, -0.15) is 0 Å². The first kappa shape index (κ1) is 12.7. The van der Waals surface area contributed by atoms with E-state index in [-0.39, 0.29) is 5.56 Å². The van der Waals surface area contributed by atoms with Crippen LogP contribution in [0.3, 0.4) is 0 Å². The van der Waals surface area contributed by atoms with Crippen molar-refractivity contribution in [1.29, 1.82) is 0 Å². The Balaban J connectivity index is 2.17. The van der Waals surface area contributed by atoms with E-state index >= 15 is 0 Å². The van der Waals surface area contributed by atoms with Crippen LogP contribution in [0.25, 0.3) is 11.0 Å². The average molecular weight is 268 g/mol. The number of aliphatic hydroxyl groups excluding tert-OH is 1. The second-order valence-electron chi connectivity index (χ2n) is 4.70. The number of hydrogen-bond donors (Lipinski definition) is 1. The summed E-state index contributed by atoms with van der Waals surface area (Å²) >= 11 is 0. The lowest BCUT2D eigenvalue weighted by Gasteiger charge is -2.14. The minimum atomic E-state index is -1.06. The van der Waals surface area contributed by atoms with E-state index in [4.69, 9.17) is 0 Å². The molecule has 3 aromatic rings. The zero-order valence-electron chi connectivity index (χ0n) is 10.9. The highest BCUT2D eigenvalue weighted by molar-refractivity contribution is 5.78. The van der Waals surface area contributed by atoms with Crippen molar-refractivity contribution < 1.29 is 9.50 Å². The molecule has 0 aliphatic rings. The minimum Gasteiger partial charge on any atom is -0.383 e. The molecule has 0 aliphatic carbocycles. The molecule has 1 N–H and O–H groups in total. The second-order valence-corrected chi connectivity index (χ2v) is 4.70. The summed E-state index contributed by atoms with van der Waals surface area (Å²) in [6.07, 6.45) is 2.09. The molecule has 3 rings (SSSR count). The molecule has 4 heteroatoms. The number of benzene rings is 2. The maximum Gasteiger partial charge on any atom is 0.129 e. The Morgan fingerprint density at radius 1 is 1.05 bits per heavy atom. The summed E-state index contributed by atoms with van der Waals surface area (Å²) in [7, 11) is 0. The third-order valence-corrected chi connectivity index (χ3v) is 3.27. The molecule has 0 amide bonds. The van der Waals surface area contributed by atoms with Crippen LogP contribution in [0, 0.1) is 12.7 Å². The zero-order valence-corrected chi connectivity index (χ0v) is 10.9. The Morgan fingerprint density at radius 2 is 1.85 bits per heavy atom. The maximum absolute atomic E-state index is 13.9. The predicted octanol–water partition coefficient (Wildman–Crippen LogP) is 3.16. The lowest BCUT2D eigenvalue weighted by Crippen LogP contribution is -2.04. The van der Waals surface area contributed by atoms with Gasteiger partial charge in [0.25, 0.3) is 0 Å². The van der Waals surface area contributed by atoms with Crippen LogP contribution < -0.4 is 0 Å². The highest BCUT2D eigenvalue weighted by Crippen LogP contribution is 2.28. The average Bonchev–Trinajstić information content (AvgIpc) is 2.48. The smallest absolute Gasteiger partial charge is 0.129 e. The Bertz CT molecular complexity index is 768. The van der Waals surface area contributed by atoms with Crippen LogP contribution in [0.5, 0.6) is 0 Å². The van der Waals surface area contributed by atoms with Gasteiger partial charge in [0, 0.05) is 23.5 Å². The van der Waals surface area contributed by atoms with E-state index in [1.165, 1.54) is 6.07 Å². The number of rotatable bonds is 2. The molecule has 1 atom stereocenters. The van der Waals surface area contributed by atoms with Gasteiger partial charge < -0.3 is 5.11 Å². The molecule has 1 aromatic heterocycles. The molecule has 0 aliphatic heterocycles. The molecule has 1 unspecified atom stereocenters. The normalized spacial score (nSPS) is 12.6. The zero-order chi connectivity index (χ0) is 14.1. The van der Waals surface area contributed by atoms with Crippen molar-refractivity contribution in [3.8, 4) is 0 Å². The third kappa shape index (κ3) is 2.14. The highest BCUT2D eigenvalue weighted by atomic mass is 19.1. The maximum atomic E-state index is 13.9. The van der Waals surface area contributed by atoms with E-state index in [1.807, 2.05) is 13.0 Å². The molecule has 0 bridgehead atoms. The fraction of sp³-hybridized carbons (Fsp3) is 0.125. The minimum absolute atomic E-state index is 0.253. The van der Waals surface area contributed by atoms with Gasteiger partial charge >= 0.3 is 0 Å². The quantitative estimate of drug-likeness (QED) is 0.776. The van der Waals surface area contributed by atoms with Crippen molar-refractivity contribution in [2.45, 2.75) is 13.0 Å². The van der Waals surface area contributed by atoms with Gasteiger partial charge in [-0.25, -0.2) is 4.39 Å². The van der Waals surface area contributed by atoms with E-state index < -0.39 is 11.9 Å². The van der Waals surface area contributed by atoms with E-state index in [0.29, 0.717) is 16.6 Å².